The average molecular weight is 227 g/mol. The molecule has 2 unspecified atom stereocenters. The van der Waals surface area contributed by atoms with Crippen LogP contribution < -0.4 is 5.32 Å². The molecule has 0 bridgehead atoms. The maximum atomic E-state index is 3.79. The first-order chi connectivity index (χ1) is 8.43. The summed E-state index contributed by atoms with van der Waals surface area (Å²) in [5.41, 5.74) is 6.59. The molecule has 1 heterocycles. The van der Waals surface area contributed by atoms with E-state index in [2.05, 4.69) is 17.4 Å². The normalized spacial score (nSPS) is 30.1. The van der Waals surface area contributed by atoms with Gasteiger partial charge < -0.3 is 5.32 Å². The first kappa shape index (κ1) is 9.99. The summed E-state index contributed by atoms with van der Waals surface area (Å²) < 4.78 is 0. The van der Waals surface area contributed by atoms with Gasteiger partial charge in [0, 0.05) is 17.6 Å². The van der Waals surface area contributed by atoms with Crippen LogP contribution in [-0.2, 0) is 12.8 Å². The first-order valence-electron chi connectivity index (χ1n) is 7.34. The Balaban J connectivity index is 1.83. The molecule has 1 aromatic carbocycles. The van der Waals surface area contributed by atoms with Gasteiger partial charge >= 0.3 is 0 Å². The Kier molecular flexibility index (Phi) is 2.21. The van der Waals surface area contributed by atoms with E-state index in [1.165, 1.54) is 57.1 Å². The number of aryl methyl sites for hydroxylation is 1. The number of rotatable bonds is 0. The maximum absolute atomic E-state index is 3.79. The topological polar surface area (TPSA) is 12.0 Å². The van der Waals surface area contributed by atoms with Gasteiger partial charge in [0.1, 0.15) is 0 Å². The highest BCUT2D eigenvalue weighted by molar-refractivity contribution is 5.64. The van der Waals surface area contributed by atoms with E-state index in [4.69, 9.17) is 0 Å². The predicted molar refractivity (Wildman–Crippen MR) is 71.7 cm³/mol. The minimum atomic E-state index is 0.757. The summed E-state index contributed by atoms with van der Waals surface area (Å²) in [6.45, 7) is 0. The van der Waals surface area contributed by atoms with Crippen molar-refractivity contribution in [3.63, 3.8) is 0 Å². The molecule has 1 nitrogen and oxygen atoms in total. The summed E-state index contributed by atoms with van der Waals surface area (Å²) in [5.74, 6) is 0.840. The molecule has 17 heavy (non-hydrogen) atoms. The van der Waals surface area contributed by atoms with E-state index in [0.29, 0.717) is 0 Å². The Hall–Kier alpha value is -0.980. The van der Waals surface area contributed by atoms with Crippen LogP contribution in [0.2, 0.25) is 0 Å². The van der Waals surface area contributed by atoms with Crippen molar-refractivity contribution >= 4 is 5.69 Å². The van der Waals surface area contributed by atoms with Crippen molar-refractivity contribution in [1.82, 2.24) is 0 Å². The molecular formula is C16H21N. The Morgan fingerprint density at radius 3 is 2.82 bits per heavy atom. The van der Waals surface area contributed by atoms with Crippen molar-refractivity contribution in [2.45, 2.75) is 63.3 Å². The smallest absolute Gasteiger partial charge is 0.0381 e. The highest BCUT2D eigenvalue weighted by atomic mass is 15.0. The van der Waals surface area contributed by atoms with Gasteiger partial charge in [0.15, 0.2) is 0 Å². The number of anilines is 1. The fourth-order valence-electron chi connectivity index (χ4n) is 4.25. The van der Waals surface area contributed by atoms with Crippen molar-refractivity contribution in [1.29, 1.82) is 0 Å². The molecule has 2 atom stereocenters. The summed E-state index contributed by atoms with van der Waals surface area (Å²) in [6, 6.07) is 5.50. The maximum Gasteiger partial charge on any atom is 0.0381 e. The van der Waals surface area contributed by atoms with E-state index in [1.54, 1.807) is 16.7 Å². The molecule has 0 saturated heterocycles. The van der Waals surface area contributed by atoms with Crippen molar-refractivity contribution in [3.8, 4) is 0 Å². The molecule has 1 N–H and O–H groups in total. The van der Waals surface area contributed by atoms with Gasteiger partial charge in [0.2, 0.25) is 0 Å². The van der Waals surface area contributed by atoms with Crippen LogP contribution in [0, 0.1) is 0 Å². The zero-order valence-electron chi connectivity index (χ0n) is 10.5. The lowest BCUT2D eigenvalue weighted by molar-refractivity contribution is 0.419. The van der Waals surface area contributed by atoms with Gasteiger partial charge in [-0.2, -0.15) is 0 Å². The van der Waals surface area contributed by atoms with Crippen LogP contribution in [0.5, 0.6) is 0 Å². The molecule has 1 fully saturated rings. The molecule has 1 aliphatic heterocycles. The van der Waals surface area contributed by atoms with Crippen molar-refractivity contribution in [2.75, 3.05) is 5.32 Å². The molecule has 0 spiro atoms. The van der Waals surface area contributed by atoms with E-state index in [1.807, 2.05) is 0 Å². The first-order valence-corrected chi connectivity index (χ1v) is 7.34. The van der Waals surface area contributed by atoms with Crippen LogP contribution >= 0.6 is 0 Å². The van der Waals surface area contributed by atoms with Gasteiger partial charge in [0.25, 0.3) is 0 Å². The van der Waals surface area contributed by atoms with Gasteiger partial charge in [-0.05, 0) is 61.3 Å². The quantitative estimate of drug-likeness (QED) is 0.706. The van der Waals surface area contributed by atoms with Crippen LogP contribution in [-0.4, -0.2) is 6.04 Å². The Morgan fingerprint density at radius 1 is 0.941 bits per heavy atom. The minimum Gasteiger partial charge on any atom is -0.381 e. The van der Waals surface area contributed by atoms with E-state index in [0.717, 1.165) is 12.0 Å². The minimum absolute atomic E-state index is 0.757. The largest absolute Gasteiger partial charge is 0.381 e. The summed E-state index contributed by atoms with van der Waals surface area (Å²) in [7, 11) is 0. The number of hydrogen-bond acceptors (Lipinski definition) is 1. The van der Waals surface area contributed by atoms with Gasteiger partial charge in [-0.3, -0.25) is 0 Å². The second-order valence-corrected chi connectivity index (χ2v) is 6.01. The van der Waals surface area contributed by atoms with Crippen LogP contribution in [0.25, 0.3) is 0 Å². The zero-order valence-corrected chi connectivity index (χ0v) is 10.5. The van der Waals surface area contributed by atoms with E-state index in [-0.39, 0.29) is 0 Å². The molecule has 1 heteroatoms. The molecule has 0 aromatic heterocycles. The van der Waals surface area contributed by atoms with Crippen LogP contribution in [0.3, 0.4) is 0 Å². The molecule has 0 radical (unpaired) electrons. The molecule has 1 saturated carbocycles. The number of fused-ring (bicyclic) bond motifs is 5. The second kappa shape index (κ2) is 3.76. The summed E-state index contributed by atoms with van der Waals surface area (Å²) in [4.78, 5) is 0. The average Bonchev–Trinajstić information content (AvgIpc) is 2.77. The fraction of sp³-hybridized carbons (Fsp3) is 0.625. The molecular weight excluding hydrogens is 206 g/mol. The predicted octanol–water partition coefficient (Wildman–Crippen LogP) is 4.02. The van der Waals surface area contributed by atoms with E-state index >= 15 is 0 Å². The van der Waals surface area contributed by atoms with E-state index < -0.39 is 0 Å². The van der Waals surface area contributed by atoms with Gasteiger partial charge in [-0.1, -0.05) is 18.9 Å². The zero-order chi connectivity index (χ0) is 11.2. The lowest BCUT2D eigenvalue weighted by Gasteiger charge is -2.27. The molecule has 3 aliphatic rings. The fourth-order valence-corrected chi connectivity index (χ4v) is 4.25. The highest BCUT2D eigenvalue weighted by Gasteiger charge is 2.36. The van der Waals surface area contributed by atoms with Crippen molar-refractivity contribution < 1.29 is 0 Å². The molecule has 4 rings (SSSR count). The Bertz CT molecular complexity index is 449. The standard InChI is InChI=1S/C16H21N/c1-2-6-12-11(5-1)9-10-15-16(12)13-7-3-4-8-14(13)17-15/h9-10,13-14,17H,1-8H2. The third kappa shape index (κ3) is 1.44. The highest BCUT2D eigenvalue weighted by Crippen LogP contribution is 2.47. The monoisotopic (exact) mass is 227 g/mol. The van der Waals surface area contributed by atoms with Crippen LogP contribution in [0.1, 0.15) is 61.1 Å². The number of hydrogen-bond donors (Lipinski definition) is 1. The SMILES string of the molecule is c1cc2c(c3c1CCCC3)C1CCCCC1N2. The molecule has 1 aromatic rings. The Morgan fingerprint density at radius 2 is 1.82 bits per heavy atom. The molecule has 90 valence electrons. The Labute approximate surface area is 104 Å². The van der Waals surface area contributed by atoms with Crippen LogP contribution in [0.15, 0.2) is 12.1 Å². The van der Waals surface area contributed by atoms with Crippen LogP contribution in [0.4, 0.5) is 5.69 Å². The van der Waals surface area contributed by atoms with Gasteiger partial charge in [0.05, 0.1) is 0 Å². The second-order valence-electron chi connectivity index (χ2n) is 6.01. The molecule has 0 amide bonds. The third-order valence-corrected chi connectivity index (χ3v) is 5.05. The lowest BCUT2D eigenvalue weighted by Crippen LogP contribution is -2.24. The number of benzene rings is 1. The van der Waals surface area contributed by atoms with E-state index in [9.17, 15) is 0 Å². The lowest BCUT2D eigenvalue weighted by atomic mass is 9.77. The van der Waals surface area contributed by atoms with Gasteiger partial charge in [-0.15, -0.1) is 0 Å². The molecule has 2 aliphatic carbocycles. The van der Waals surface area contributed by atoms with Gasteiger partial charge in [-0.25, -0.2) is 0 Å². The van der Waals surface area contributed by atoms with Crippen molar-refractivity contribution in [3.05, 3.63) is 28.8 Å². The summed E-state index contributed by atoms with van der Waals surface area (Å²) >= 11 is 0. The third-order valence-electron chi connectivity index (χ3n) is 5.05. The summed E-state index contributed by atoms with van der Waals surface area (Å²) in [6.07, 6.45) is 11.1. The number of nitrogens with one attached hydrogen (secondary N) is 1. The summed E-state index contributed by atoms with van der Waals surface area (Å²) in [5, 5.41) is 3.79. The van der Waals surface area contributed by atoms with Crippen molar-refractivity contribution in [2.24, 2.45) is 0 Å².